The topological polar surface area (TPSA) is 65.1 Å². The van der Waals surface area contributed by atoms with E-state index in [1.54, 1.807) is 4.90 Å². The maximum absolute atomic E-state index is 12.8. The summed E-state index contributed by atoms with van der Waals surface area (Å²) in [7, 11) is 1.38. The van der Waals surface area contributed by atoms with Crippen LogP contribution < -0.4 is 9.47 Å². The van der Waals surface area contributed by atoms with Crippen molar-refractivity contribution in [2.75, 3.05) is 26.9 Å². The van der Waals surface area contributed by atoms with Crippen molar-refractivity contribution in [1.82, 2.24) is 4.90 Å². The Balaban J connectivity index is 2.06. The normalized spacial score (nSPS) is 15.1. The molecule has 0 aliphatic carbocycles. The zero-order valence-electron chi connectivity index (χ0n) is 17.4. The van der Waals surface area contributed by atoms with Gasteiger partial charge in [0.05, 0.1) is 29.7 Å². The zero-order valence-corrected chi connectivity index (χ0v) is 20.6. The first-order chi connectivity index (χ1) is 14.4. The smallest absolute Gasteiger partial charge is 0.305 e. The van der Waals surface area contributed by atoms with Crippen LogP contribution >= 0.6 is 39.9 Å². The summed E-state index contributed by atoms with van der Waals surface area (Å²) in [5, 5.41) is 0. The molecule has 1 aromatic rings. The monoisotopic (exact) mass is 515 g/mol. The molecule has 1 aliphatic heterocycles. The molecule has 1 fully saturated rings. The van der Waals surface area contributed by atoms with Gasteiger partial charge >= 0.3 is 5.97 Å². The van der Waals surface area contributed by atoms with Crippen LogP contribution in [0.2, 0.25) is 0 Å². The van der Waals surface area contributed by atoms with E-state index in [0.717, 1.165) is 29.3 Å². The third kappa shape index (κ3) is 6.72. The Hall–Kier alpha value is -1.58. The van der Waals surface area contributed by atoms with E-state index in [-0.39, 0.29) is 11.9 Å². The van der Waals surface area contributed by atoms with E-state index >= 15 is 0 Å². The molecule has 1 aromatic carbocycles. The molecule has 9 heteroatoms. The molecule has 0 saturated carbocycles. The number of thiocarbonyl (C=S) groups is 1. The van der Waals surface area contributed by atoms with E-state index in [0.29, 0.717) is 46.9 Å². The summed E-state index contributed by atoms with van der Waals surface area (Å²) < 4.78 is 17.3. The van der Waals surface area contributed by atoms with Crippen molar-refractivity contribution in [2.24, 2.45) is 0 Å². The second kappa shape index (κ2) is 12.3. The second-order valence-electron chi connectivity index (χ2n) is 6.42. The van der Waals surface area contributed by atoms with Gasteiger partial charge in [-0.05, 0) is 66.4 Å². The van der Waals surface area contributed by atoms with Gasteiger partial charge in [-0.2, -0.15) is 0 Å². The largest absolute Gasteiger partial charge is 0.490 e. The molecule has 0 unspecified atom stereocenters. The number of hydrogen-bond donors (Lipinski definition) is 0. The number of benzene rings is 1. The maximum atomic E-state index is 12.8. The highest BCUT2D eigenvalue weighted by Gasteiger charge is 2.31. The van der Waals surface area contributed by atoms with E-state index in [9.17, 15) is 9.59 Å². The van der Waals surface area contributed by atoms with E-state index in [4.69, 9.17) is 21.7 Å². The molecule has 1 saturated heterocycles. The second-order valence-corrected chi connectivity index (χ2v) is 8.95. The molecule has 0 N–H and O–H groups in total. The summed E-state index contributed by atoms with van der Waals surface area (Å²) in [5.74, 6) is 0.967. The molecule has 1 amide bonds. The maximum Gasteiger partial charge on any atom is 0.305 e. The number of amides is 1. The van der Waals surface area contributed by atoms with Crippen molar-refractivity contribution in [3.8, 4) is 11.5 Å². The van der Waals surface area contributed by atoms with Crippen molar-refractivity contribution in [1.29, 1.82) is 0 Å². The molecule has 0 radical (unpaired) electrons. The van der Waals surface area contributed by atoms with Crippen molar-refractivity contribution >= 4 is 62.2 Å². The predicted molar refractivity (Wildman–Crippen MR) is 127 cm³/mol. The van der Waals surface area contributed by atoms with Gasteiger partial charge in [-0.25, -0.2) is 0 Å². The molecule has 0 atom stereocenters. The van der Waals surface area contributed by atoms with Crippen LogP contribution in [0.1, 0.15) is 45.1 Å². The summed E-state index contributed by atoms with van der Waals surface area (Å²) in [5.41, 5.74) is 0.826. The quantitative estimate of drug-likeness (QED) is 0.174. The standard InChI is InChI=1S/C21H26BrNO5S2/c1-4-27-16-12-14(11-15(22)19(16)28-5-2)13-17-20(25)23(21(29)30-17)10-8-6-7-9-18(24)26-3/h11-13H,4-10H2,1-3H3/b17-13-. The first-order valence-electron chi connectivity index (χ1n) is 9.82. The Bertz CT molecular complexity index is 828. The van der Waals surface area contributed by atoms with Gasteiger partial charge < -0.3 is 14.2 Å². The minimum absolute atomic E-state index is 0.0964. The van der Waals surface area contributed by atoms with Crippen LogP contribution in [-0.4, -0.2) is 48.0 Å². The fraction of sp³-hybridized carbons (Fsp3) is 0.476. The van der Waals surface area contributed by atoms with E-state index in [2.05, 4.69) is 20.7 Å². The van der Waals surface area contributed by atoms with Crippen molar-refractivity contribution in [3.05, 3.63) is 27.1 Å². The first-order valence-corrected chi connectivity index (χ1v) is 11.8. The molecule has 6 nitrogen and oxygen atoms in total. The van der Waals surface area contributed by atoms with Crippen LogP contribution in [-0.2, 0) is 14.3 Å². The highest BCUT2D eigenvalue weighted by molar-refractivity contribution is 9.10. The number of nitrogens with zero attached hydrogens (tertiary/aromatic N) is 1. The Morgan fingerprint density at radius 2 is 1.93 bits per heavy atom. The number of carbonyl (C=O) groups is 2. The highest BCUT2D eigenvalue weighted by atomic mass is 79.9. The van der Waals surface area contributed by atoms with Gasteiger partial charge in [0.2, 0.25) is 0 Å². The molecule has 0 spiro atoms. The number of rotatable bonds is 11. The lowest BCUT2D eigenvalue weighted by atomic mass is 10.1. The van der Waals surface area contributed by atoms with Gasteiger partial charge in [0.15, 0.2) is 11.5 Å². The molecule has 1 aliphatic rings. The fourth-order valence-electron chi connectivity index (χ4n) is 2.88. The van der Waals surface area contributed by atoms with Crippen molar-refractivity contribution in [3.63, 3.8) is 0 Å². The van der Waals surface area contributed by atoms with Gasteiger partial charge in [-0.15, -0.1) is 0 Å². The van der Waals surface area contributed by atoms with Crippen LogP contribution in [0, 0.1) is 0 Å². The number of unbranched alkanes of at least 4 members (excludes halogenated alkanes) is 2. The highest BCUT2D eigenvalue weighted by Crippen LogP contribution is 2.39. The summed E-state index contributed by atoms with van der Waals surface area (Å²) >= 11 is 10.2. The average molecular weight is 516 g/mol. The average Bonchev–Trinajstić information content (AvgIpc) is 2.97. The fourth-order valence-corrected chi connectivity index (χ4v) is 4.76. The number of ether oxygens (including phenoxy) is 3. The summed E-state index contributed by atoms with van der Waals surface area (Å²) in [6, 6.07) is 3.76. The lowest BCUT2D eigenvalue weighted by Gasteiger charge is -2.14. The number of methoxy groups -OCH3 is 1. The lowest BCUT2D eigenvalue weighted by molar-refractivity contribution is -0.140. The Morgan fingerprint density at radius 3 is 2.60 bits per heavy atom. The Morgan fingerprint density at radius 1 is 1.20 bits per heavy atom. The molecule has 2 rings (SSSR count). The van der Waals surface area contributed by atoms with Gasteiger partial charge in [0.25, 0.3) is 5.91 Å². The van der Waals surface area contributed by atoms with Gasteiger partial charge in [-0.3, -0.25) is 14.5 Å². The van der Waals surface area contributed by atoms with Crippen LogP contribution in [0.25, 0.3) is 6.08 Å². The summed E-state index contributed by atoms with van der Waals surface area (Å²) in [6.45, 7) is 5.40. The molecule has 0 aromatic heterocycles. The molecule has 1 heterocycles. The van der Waals surface area contributed by atoms with Crippen LogP contribution in [0.4, 0.5) is 0 Å². The number of thioether (sulfide) groups is 1. The zero-order chi connectivity index (χ0) is 22.1. The van der Waals surface area contributed by atoms with Crippen molar-refractivity contribution < 1.29 is 23.8 Å². The van der Waals surface area contributed by atoms with Gasteiger partial charge in [-0.1, -0.05) is 30.4 Å². The van der Waals surface area contributed by atoms with Crippen LogP contribution in [0.5, 0.6) is 11.5 Å². The third-order valence-corrected chi connectivity index (χ3v) is 6.25. The van der Waals surface area contributed by atoms with E-state index in [1.807, 2.05) is 32.1 Å². The van der Waals surface area contributed by atoms with Gasteiger partial charge in [0, 0.05) is 13.0 Å². The number of carbonyl (C=O) groups excluding carboxylic acids is 2. The van der Waals surface area contributed by atoms with E-state index < -0.39 is 0 Å². The Kier molecular flexibility index (Phi) is 10.1. The summed E-state index contributed by atoms with van der Waals surface area (Å²) in [4.78, 5) is 26.2. The summed E-state index contributed by atoms with van der Waals surface area (Å²) in [6.07, 6.45) is 4.55. The lowest BCUT2D eigenvalue weighted by Crippen LogP contribution is -2.29. The number of halogens is 1. The van der Waals surface area contributed by atoms with E-state index in [1.165, 1.54) is 18.9 Å². The molecule has 0 bridgehead atoms. The molecular formula is C21H26BrNO5S2. The van der Waals surface area contributed by atoms with Crippen LogP contribution in [0.15, 0.2) is 21.5 Å². The minimum atomic E-state index is -0.212. The number of hydrogen-bond acceptors (Lipinski definition) is 7. The third-order valence-electron chi connectivity index (χ3n) is 4.28. The number of esters is 1. The van der Waals surface area contributed by atoms with Crippen LogP contribution in [0.3, 0.4) is 0 Å². The first kappa shape index (κ1) is 24.7. The van der Waals surface area contributed by atoms with Crippen molar-refractivity contribution in [2.45, 2.75) is 39.5 Å². The SMILES string of the molecule is CCOc1cc(/C=C2\SC(=S)N(CCCCCC(=O)OC)C2=O)cc(Br)c1OCC. The van der Waals surface area contributed by atoms with Gasteiger partial charge in [0.1, 0.15) is 4.32 Å². The predicted octanol–water partition coefficient (Wildman–Crippen LogP) is 5.18. The minimum Gasteiger partial charge on any atom is -0.490 e. The molecule has 164 valence electrons. The molecule has 30 heavy (non-hydrogen) atoms. The Labute approximate surface area is 195 Å². The molecular weight excluding hydrogens is 490 g/mol.